The maximum Gasteiger partial charge on any atom is 0.335 e. The van der Waals surface area contributed by atoms with Gasteiger partial charge in [-0.3, -0.25) is 0 Å². The number of urea groups is 1. The Hall–Kier alpha value is -1.69. The predicted octanol–water partition coefficient (Wildman–Crippen LogP) is 1.69. The third kappa shape index (κ3) is 4.17. The Morgan fingerprint density at radius 1 is 1.42 bits per heavy atom. The number of nitrogens with one attached hydrogen (secondary N) is 2. The van der Waals surface area contributed by atoms with Gasteiger partial charge in [0.2, 0.25) is 0 Å². The molecule has 1 fully saturated rings. The van der Waals surface area contributed by atoms with E-state index in [0.29, 0.717) is 6.54 Å². The van der Waals surface area contributed by atoms with Crippen LogP contribution in [0.15, 0.2) is 24.3 Å². The van der Waals surface area contributed by atoms with Crippen molar-refractivity contribution in [1.82, 2.24) is 10.6 Å². The molecule has 3 N–H and O–H groups in total. The van der Waals surface area contributed by atoms with Gasteiger partial charge < -0.3 is 15.7 Å². The van der Waals surface area contributed by atoms with Crippen LogP contribution in [0, 0.1) is 0 Å². The number of carboxylic acids is 1. The summed E-state index contributed by atoms with van der Waals surface area (Å²) in [7, 11) is 0. The summed E-state index contributed by atoms with van der Waals surface area (Å²) in [6.45, 7) is 0.326. The monoisotopic (exact) mass is 280 g/mol. The molecule has 0 aromatic heterocycles. The fourth-order valence-corrected chi connectivity index (χ4v) is 3.03. The number of thioether (sulfide) groups is 1. The summed E-state index contributed by atoms with van der Waals surface area (Å²) in [5.74, 6) is 1.09. The van der Waals surface area contributed by atoms with Gasteiger partial charge in [-0.15, -0.1) is 0 Å². The van der Waals surface area contributed by atoms with Crippen molar-refractivity contribution in [2.24, 2.45) is 0 Å². The average molecular weight is 280 g/mol. The molecule has 1 heterocycles. The Balaban J connectivity index is 1.82. The molecule has 2 rings (SSSR count). The number of carbonyl (C=O) groups is 2. The third-order valence-electron chi connectivity index (χ3n) is 2.89. The van der Waals surface area contributed by atoms with Crippen LogP contribution in [0.2, 0.25) is 0 Å². The molecule has 1 aromatic carbocycles. The molecule has 1 saturated heterocycles. The molecule has 1 aromatic rings. The van der Waals surface area contributed by atoms with Gasteiger partial charge in [0.15, 0.2) is 0 Å². The van der Waals surface area contributed by atoms with Crippen LogP contribution in [0.5, 0.6) is 0 Å². The first kappa shape index (κ1) is 13.7. The molecule has 1 unspecified atom stereocenters. The van der Waals surface area contributed by atoms with Crippen LogP contribution in [0.3, 0.4) is 0 Å². The lowest BCUT2D eigenvalue weighted by Gasteiger charge is -2.12. The van der Waals surface area contributed by atoms with Crippen molar-refractivity contribution in [3.63, 3.8) is 0 Å². The molecular weight excluding hydrogens is 264 g/mol. The lowest BCUT2D eigenvalue weighted by atomic mass is 10.1. The second-order valence-corrected chi connectivity index (χ2v) is 5.54. The van der Waals surface area contributed by atoms with E-state index in [2.05, 4.69) is 10.6 Å². The van der Waals surface area contributed by atoms with Crippen LogP contribution < -0.4 is 10.6 Å². The molecule has 102 valence electrons. The number of hydrogen-bond donors (Lipinski definition) is 3. The zero-order chi connectivity index (χ0) is 13.7. The Labute approximate surface area is 115 Å². The van der Waals surface area contributed by atoms with E-state index in [9.17, 15) is 9.59 Å². The Kier molecular flexibility index (Phi) is 4.68. The summed E-state index contributed by atoms with van der Waals surface area (Å²) in [4.78, 5) is 22.5. The van der Waals surface area contributed by atoms with Crippen LogP contribution in [-0.4, -0.2) is 34.7 Å². The summed E-state index contributed by atoms with van der Waals surface area (Å²) in [6, 6.07) is 6.60. The minimum atomic E-state index is -0.964. The molecule has 0 spiro atoms. The molecule has 1 aliphatic rings. The predicted molar refractivity (Wildman–Crippen MR) is 74.5 cm³/mol. The quantitative estimate of drug-likeness (QED) is 0.784. The zero-order valence-electron chi connectivity index (χ0n) is 10.4. The van der Waals surface area contributed by atoms with Crippen molar-refractivity contribution in [3.05, 3.63) is 35.4 Å². The fourth-order valence-electron chi connectivity index (χ4n) is 1.88. The third-order valence-corrected chi connectivity index (χ3v) is 4.05. The molecule has 0 saturated carbocycles. The molecule has 19 heavy (non-hydrogen) atoms. The van der Waals surface area contributed by atoms with E-state index in [1.165, 1.54) is 6.07 Å². The number of carbonyl (C=O) groups excluding carboxylic acids is 1. The maximum absolute atomic E-state index is 11.6. The smallest absolute Gasteiger partial charge is 0.335 e. The van der Waals surface area contributed by atoms with Gasteiger partial charge in [-0.25, -0.2) is 9.59 Å². The SMILES string of the molecule is O=C(NCc1cccc(C(=O)O)c1)NC1CCSC1. The first-order chi connectivity index (χ1) is 9.15. The van der Waals surface area contributed by atoms with E-state index in [1.54, 1.807) is 18.2 Å². The van der Waals surface area contributed by atoms with Gasteiger partial charge >= 0.3 is 12.0 Å². The average Bonchev–Trinajstić information content (AvgIpc) is 2.89. The summed E-state index contributed by atoms with van der Waals surface area (Å²) in [5, 5.41) is 14.5. The van der Waals surface area contributed by atoms with E-state index in [4.69, 9.17) is 5.11 Å². The number of aromatic carboxylic acids is 1. The van der Waals surface area contributed by atoms with Gasteiger partial charge in [0.05, 0.1) is 5.56 Å². The fraction of sp³-hybridized carbons (Fsp3) is 0.385. The standard InChI is InChI=1S/C13H16N2O3S/c16-12(17)10-3-1-2-9(6-10)7-14-13(18)15-11-4-5-19-8-11/h1-3,6,11H,4-5,7-8H2,(H,16,17)(H2,14,15,18). The van der Waals surface area contributed by atoms with Crippen molar-refractivity contribution in [2.75, 3.05) is 11.5 Å². The highest BCUT2D eigenvalue weighted by molar-refractivity contribution is 7.99. The maximum atomic E-state index is 11.6. The lowest BCUT2D eigenvalue weighted by molar-refractivity contribution is 0.0696. The van der Waals surface area contributed by atoms with Gasteiger partial charge in [0, 0.05) is 18.3 Å². The van der Waals surface area contributed by atoms with Crippen LogP contribution in [0.1, 0.15) is 22.3 Å². The normalized spacial score (nSPS) is 18.0. The molecule has 5 nitrogen and oxygen atoms in total. The summed E-state index contributed by atoms with van der Waals surface area (Å²) in [5.41, 5.74) is 1.00. The van der Waals surface area contributed by atoms with E-state index in [-0.39, 0.29) is 17.6 Å². The molecule has 0 aliphatic carbocycles. The highest BCUT2D eigenvalue weighted by Gasteiger charge is 2.17. The van der Waals surface area contributed by atoms with Crippen molar-refractivity contribution in [1.29, 1.82) is 0 Å². The van der Waals surface area contributed by atoms with Gasteiger partial charge in [-0.05, 0) is 29.9 Å². The molecule has 0 radical (unpaired) electrons. The zero-order valence-corrected chi connectivity index (χ0v) is 11.2. The van der Waals surface area contributed by atoms with E-state index in [0.717, 1.165) is 23.5 Å². The molecule has 1 aliphatic heterocycles. The number of hydrogen-bond acceptors (Lipinski definition) is 3. The van der Waals surface area contributed by atoms with E-state index < -0.39 is 5.97 Å². The van der Waals surface area contributed by atoms with Crippen molar-refractivity contribution in [3.8, 4) is 0 Å². The highest BCUT2D eigenvalue weighted by Crippen LogP contribution is 2.16. The first-order valence-corrected chi connectivity index (χ1v) is 7.25. The number of rotatable bonds is 4. The highest BCUT2D eigenvalue weighted by atomic mass is 32.2. The van der Waals surface area contributed by atoms with Crippen LogP contribution >= 0.6 is 11.8 Å². The van der Waals surface area contributed by atoms with Gasteiger partial charge in [-0.1, -0.05) is 12.1 Å². The van der Waals surface area contributed by atoms with Gasteiger partial charge in [0.1, 0.15) is 0 Å². The minimum Gasteiger partial charge on any atom is -0.478 e. The molecular formula is C13H16N2O3S. The Morgan fingerprint density at radius 2 is 2.26 bits per heavy atom. The number of amides is 2. The van der Waals surface area contributed by atoms with E-state index in [1.807, 2.05) is 11.8 Å². The largest absolute Gasteiger partial charge is 0.478 e. The van der Waals surface area contributed by atoms with Crippen molar-refractivity contribution < 1.29 is 14.7 Å². The molecule has 1 atom stereocenters. The Morgan fingerprint density at radius 3 is 2.95 bits per heavy atom. The van der Waals surface area contributed by atoms with E-state index >= 15 is 0 Å². The Bertz CT molecular complexity index is 473. The van der Waals surface area contributed by atoms with Crippen LogP contribution in [0.25, 0.3) is 0 Å². The van der Waals surface area contributed by atoms with Crippen molar-refractivity contribution >= 4 is 23.8 Å². The summed E-state index contributed by atoms with van der Waals surface area (Å²) < 4.78 is 0. The van der Waals surface area contributed by atoms with Crippen LogP contribution in [-0.2, 0) is 6.54 Å². The van der Waals surface area contributed by atoms with Crippen LogP contribution in [0.4, 0.5) is 4.79 Å². The van der Waals surface area contributed by atoms with Gasteiger partial charge in [-0.2, -0.15) is 11.8 Å². The molecule has 6 heteroatoms. The van der Waals surface area contributed by atoms with Crippen molar-refractivity contribution in [2.45, 2.75) is 19.0 Å². The summed E-state index contributed by atoms with van der Waals surface area (Å²) >= 11 is 1.84. The number of benzene rings is 1. The second kappa shape index (κ2) is 6.47. The molecule has 0 bridgehead atoms. The molecule has 2 amide bonds. The minimum absolute atomic E-state index is 0.201. The first-order valence-electron chi connectivity index (χ1n) is 6.09. The number of carboxylic acid groups (broad SMARTS) is 1. The second-order valence-electron chi connectivity index (χ2n) is 4.39. The lowest BCUT2D eigenvalue weighted by Crippen LogP contribution is -2.41. The van der Waals surface area contributed by atoms with Gasteiger partial charge in [0.25, 0.3) is 0 Å². The topological polar surface area (TPSA) is 78.4 Å². The summed E-state index contributed by atoms with van der Waals surface area (Å²) in [6.07, 6.45) is 1.01.